The summed E-state index contributed by atoms with van der Waals surface area (Å²) < 4.78 is 5.42. The summed E-state index contributed by atoms with van der Waals surface area (Å²) in [5.74, 6) is 3.67. The first-order valence-corrected chi connectivity index (χ1v) is 8.03. The van der Waals surface area contributed by atoms with Crippen LogP contribution in [0.2, 0.25) is 0 Å². The van der Waals surface area contributed by atoms with Gasteiger partial charge in [0, 0.05) is 0 Å². The molecule has 0 amide bonds. The van der Waals surface area contributed by atoms with E-state index in [0.717, 1.165) is 23.5 Å². The van der Waals surface area contributed by atoms with Gasteiger partial charge in [0.15, 0.2) is 0 Å². The van der Waals surface area contributed by atoms with Gasteiger partial charge in [-0.15, -0.1) is 0 Å². The molecule has 0 bridgehead atoms. The summed E-state index contributed by atoms with van der Waals surface area (Å²) in [6.45, 7) is 12.6. The Labute approximate surface area is 120 Å². The summed E-state index contributed by atoms with van der Waals surface area (Å²) in [4.78, 5) is 0. The second-order valence-corrected chi connectivity index (χ2v) is 6.33. The van der Waals surface area contributed by atoms with E-state index >= 15 is 0 Å². The molecule has 0 aromatic rings. The van der Waals surface area contributed by atoms with Crippen LogP contribution in [0.5, 0.6) is 0 Å². The van der Waals surface area contributed by atoms with Gasteiger partial charge in [-0.1, -0.05) is 39.7 Å². The molecule has 19 heavy (non-hydrogen) atoms. The van der Waals surface area contributed by atoms with E-state index in [1.54, 1.807) is 0 Å². The Bertz CT molecular complexity index is 295. The fourth-order valence-electron chi connectivity index (χ4n) is 3.11. The van der Waals surface area contributed by atoms with Crippen LogP contribution in [0.3, 0.4) is 0 Å². The molecule has 0 aromatic carbocycles. The van der Waals surface area contributed by atoms with E-state index in [2.05, 4.69) is 34.3 Å². The normalized spacial score (nSPS) is 26.5. The zero-order valence-corrected chi connectivity index (χ0v) is 13.4. The predicted octanol–water partition coefficient (Wildman–Crippen LogP) is 6.07. The van der Waals surface area contributed by atoms with Crippen molar-refractivity contribution in [1.29, 1.82) is 0 Å². The lowest BCUT2D eigenvalue weighted by molar-refractivity contribution is 0.261. The number of allylic oxidation sites excluding steroid dienone is 2. The molecule has 0 heterocycles. The molecule has 1 nitrogen and oxygen atoms in total. The van der Waals surface area contributed by atoms with E-state index in [1.807, 2.05) is 0 Å². The highest BCUT2D eigenvalue weighted by Gasteiger charge is 2.23. The van der Waals surface area contributed by atoms with Crippen LogP contribution in [0.25, 0.3) is 0 Å². The smallest absolute Gasteiger partial charge is 0.0992 e. The topological polar surface area (TPSA) is 9.23 Å². The van der Waals surface area contributed by atoms with Gasteiger partial charge in [0.2, 0.25) is 0 Å². The molecule has 0 aliphatic heterocycles. The van der Waals surface area contributed by atoms with Crippen molar-refractivity contribution in [3.8, 4) is 0 Å². The van der Waals surface area contributed by atoms with E-state index in [4.69, 9.17) is 4.74 Å². The van der Waals surface area contributed by atoms with Crippen molar-refractivity contribution < 1.29 is 4.74 Å². The molecule has 1 rings (SSSR count). The van der Waals surface area contributed by atoms with E-state index in [1.165, 1.54) is 56.8 Å². The van der Waals surface area contributed by atoms with Gasteiger partial charge in [0.1, 0.15) is 0 Å². The Hall–Kier alpha value is -0.720. The lowest BCUT2D eigenvalue weighted by Gasteiger charge is -2.30. The Morgan fingerprint density at radius 3 is 2.42 bits per heavy atom. The molecule has 110 valence electrons. The summed E-state index contributed by atoms with van der Waals surface area (Å²) >= 11 is 0. The maximum absolute atomic E-state index is 5.42. The van der Waals surface area contributed by atoms with Gasteiger partial charge in [-0.05, 0) is 62.9 Å². The molecule has 0 saturated heterocycles. The first kappa shape index (κ1) is 16.3. The molecule has 1 saturated carbocycles. The lowest BCUT2D eigenvalue weighted by Crippen LogP contribution is -2.17. The molecule has 0 spiro atoms. The van der Waals surface area contributed by atoms with Crippen LogP contribution in [0.4, 0.5) is 0 Å². The highest BCUT2D eigenvalue weighted by molar-refractivity contribution is 5.09. The van der Waals surface area contributed by atoms with Crippen molar-refractivity contribution in [2.45, 2.75) is 72.6 Å². The molecule has 0 aromatic heterocycles. The first-order chi connectivity index (χ1) is 9.08. The minimum atomic E-state index is 0.736. The molecular weight excluding hydrogens is 232 g/mol. The second-order valence-electron chi connectivity index (χ2n) is 6.33. The average molecular weight is 264 g/mol. The van der Waals surface area contributed by atoms with Crippen molar-refractivity contribution in [2.75, 3.05) is 0 Å². The van der Waals surface area contributed by atoms with Gasteiger partial charge >= 0.3 is 0 Å². The molecule has 0 N–H and O–H groups in total. The molecule has 1 aliphatic carbocycles. The summed E-state index contributed by atoms with van der Waals surface area (Å²) in [5, 5.41) is 0. The fraction of sp³-hybridized carbons (Fsp3) is 0.778. The van der Waals surface area contributed by atoms with Crippen LogP contribution in [0, 0.1) is 17.8 Å². The van der Waals surface area contributed by atoms with Crippen LogP contribution >= 0.6 is 0 Å². The average Bonchev–Trinajstić information content (AvgIpc) is 2.44. The third-order valence-electron chi connectivity index (χ3n) is 5.04. The summed E-state index contributed by atoms with van der Waals surface area (Å²) in [5.41, 5.74) is 1.43. The zero-order chi connectivity index (χ0) is 14.3. The van der Waals surface area contributed by atoms with Gasteiger partial charge in [-0.3, -0.25) is 0 Å². The van der Waals surface area contributed by atoms with E-state index in [-0.39, 0.29) is 0 Å². The van der Waals surface area contributed by atoms with Crippen LogP contribution in [0.1, 0.15) is 72.6 Å². The van der Waals surface area contributed by atoms with Gasteiger partial charge in [-0.25, -0.2) is 0 Å². The fourth-order valence-corrected chi connectivity index (χ4v) is 3.11. The number of ether oxygens (including phenoxy) is 1. The van der Waals surface area contributed by atoms with Crippen LogP contribution in [0.15, 0.2) is 24.2 Å². The van der Waals surface area contributed by atoms with Gasteiger partial charge in [-0.2, -0.15) is 0 Å². The Morgan fingerprint density at radius 2 is 1.89 bits per heavy atom. The monoisotopic (exact) mass is 264 g/mol. The maximum Gasteiger partial charge on any atom is 0.0992 e. The Balaban J connectivity index is 2.36. The highest BCUT2D eigenvalue weighted by atomic mass is 16.5. The Morgan fingerprint density at radius 1 is 1.26 bits per heavy atom. The number of hydrogen-bond donors (Lipinski definition) is 0. The lowest BCUT2D eigenvalue weighted by atomic mass is 9.76. The summed E-state index contributed by atoms with van der Waals surface area (Å²) in [6, 6.07) is 0. The SMILES string of the molecule is C=CO/C(C)=C(\C)C1CCC(CCC(C)CC)CC1. The van der Waals surface area contributed by atoms with Crippen molar-refractivity contribution in [1.82, 2.24) is 0 Å². The summed E-state index contributed by atoms with van der Waals surface area (Å²) in [7, 11) is 0. The van der Waals surface area contributed by atoms with Crippen molar-refractivity contribution in [2.24, 2.45) is 17.8 Å². The molecule has 1 aliphatic rings. The van der Waals surface area contributed by atoms with Crippen LogP contribution < -0.4 is 0 Å². The van der Waals surface area contributed by atoms with E-state index in [0.29, 0.717) is 0 Å². The van der Waals surface area contributed by atoms with Gasteiger partial charge < -0.3 is 4.74 Å². The summed E-state index contributed by atoms with van der Waals surface area (Å²) in [6.07, 6.45) is 11.2. The van der Waals surface area contributed by atoms with Crippen molar-refractivity contribution in [3.63, 3.8) is 0 Å². The number of hydrogen-bond acceptors (Lipinski definition) is 1. The molecule has 1 atom stereocenters. The molecule has 0 radical (unpaired) electrons. The standard InChI is InChI=1S/C18H32O/c1-6-14(3)8-9-17-10-12-18(13-11-17)15(4)16(5)19-7-2/h7,14,17-18H,2,6,8-13H2,1,3-5H3/b16-15+. The Kier molecular flexibility index (Phi) is 7.27. The molecule has 1 heteroatoms. The van der Waals surface area contributed by atoms with E-state index < -0.39 is 0 Å². The van der Waals surface area contributed by atoms with Crippen LogP contribution in [-0.2, 0) is 4.74 Å². The van der Waals surface area contributed by atoms with Crippen LogP contribution in [-0.4, -0.2) is 0 Å². The van der Waals surface area contributed by atoms with E-state index in [9.17, 15) is 0 Å². The maximum atomic E-state index is 5.42. The minimum absolute atomic E-state index is 0.736. The second kappa shape index (κ2) is 8.45. The third-order valence-corrected chi connectivity index (χ3v) is 5.04. The minimum Gasteiger partial charge on any atom is -0.470 e. The first-order valence-electron chi connectivity index (χ1n) is 8.03. The quantitative estimate of drug-likeness (QED) is 0.507. The largest absolute Gasteiger partial charge is 0.470 e. The molecule has 1 fully saturated rings. The molecular formula is C18H32O. The van der Waals surface area contributed by atoms with Gasteiger partial charge in [0.25, 0.3) is 0 Å². The molecule has 1 unspecified atom stereocenters. The van der Waals surface area contributed by atoms with Crippen molar-refractivity contribution in [3.05, 3.63) is 24.2 Å². The van der Waals surface area contributed by atoms with Crippen molar-refractivity contribution >= 4 is 0 Å². The third kappa shape index (κ3) is 5.42. The van der Waals surface area contributed by atoms with Gasteiger partial charge in [0.05, 0.1) is 12.0 Å². The highest BCUT2D eigenvalue weighted by Crippen LogP contribution is 2.36. The zero-order valence-electron chi connectivity index (χ0n) is 13.4. The number of rotatable bonds is 7. The predicted molar refractivity (Wildman–Crippen MR) is 83.8 cm³/mol.